The molecule has 6 rings (SSSR count). The minimum Gasteiger partial charge on any atom is -0.494 e. The number of methoxy groups -OCH3 is 1. The van der Waals surface area contributed by atoms with Gasteiger partial charge in [-0.05, 0) is 56.3 Å². The molecular formula is C51H69N11O10. The molecule has 2 aliphatic rings. The number of likely N-dealkylation sites (tertiary alicyclic amines) is 1. The minimum atomic E-state index is -0.726. The number of piperidine rings is 1. The molecule has 2 fully saturated rings. The molecule has 2 aliphatic heterocycles. The Morgan fingerprint density at radius 2 is 1.51 bits per heavy atom. The molecule has 0 saturated carbocycles. The number of benzene rings is 1. The number of nitrogens with zero attached hydrogens (tertiary/aromatic N) is 9. The van der Waals surface area contributed by atoms with Crippen molar-refractivity contribution in [2.75, 3.05) is 145 Å². The normalized spacial score (nSPS) is 14.5. The zero-order valence-corrected chi connectivity index (χ0v) is 41.3. The summed E-state index contributed by atoms with van der Waals surface area (Å²) in [6, 6.07) is 11.3. The number of aliphatic hydroxyl groups is 2. The summed E-state index contributed by atoms with van der Waals surface area (Å²) < 4.78 is 28.8. The number of hydrogen-bond donors (Lipinski definition) is 4. The first-order valence-electron chi connectivity index (χ1n) is 24.7. The fourth-order valence-electron chi connectivity index (χ4n) is 8.72. The number of pyridine rings is 1. The Balaban J connectivity index is 0.899. The molecule has 0 bridgehead atoms. The average Bonchev–Trinajstić information content (AvgIpc) is 4.10. The third-order valence-electron chi connectivity index (χ3n) is 12.7. The van der Waals surface area contributed by atoms with E-state index >= 15 is 0 Å². The molecule has 0 radical (unpaired) electrons. The van der Waals surface area contributed by atoms with E-state index in [9.17, 15) is 29.9 Å². The summed E-state index contributed by atoms with van der Waals surface area (Å²) in [5.74, 6) is 0.913. The number of nitriles is 1. The van der Waals surface area contributed by atoms with E-state index in [1.807, 2.05) is 30.3 Å². The lowest BCUT2D eigenvalue weighted by atomic mass is 9.93. The van der Waals surface area contributed by atoms with Gasteiger partial charge in [-0.1, -0.05) is 36.3 Å². The molecule has 5 heterocycles. The van der Waals surface area contributed by atoms with Gasteiger partial charge in [0.05, 0.1) is 107 Å². The van der Waals surface area contributed by atoms with Crippen LogP contribution in [0.25, 0.3) is 22.3 Å². The zero-order chi connectivity index (χ0) is 50.9. The highest BCUT2D eigenvalue weighted by molar-refractivity contribution is 6.45. The van der Waals surface area contributed by atoms with Crippen molar-refractivity contribution in [2.45, 2.75) is 38.1 Å². The lowest BCUT2D eigenvalue weighted by molar-refractivity contribution is -0.126. The fraction of sp³-hybridized carbons (Fsp3) is 0.549. The maximum atomic E-state index is 13.8. The number of amides is 2. The van der Waals surface area contributed by atoms with Crippen LogP contribution in [0.4, 0.5) is 0 Å². The van der Waals surface area contributed by atoms with Crippen molar-refractivity contribution in [3.8, 4) is 30.0 Å². The molecule has 0 aliphatic carbocycles. The van der Waals surface area contributed by atoms with E-state index in [1.165, 1.54) is 35.4 Å². The number of rotatable bonds is 31. The van der Waals surface area contributed by atoms with Crippen LogP contribution in [0, 0.1) is 23.7 Å². The Bertz CT molecular complexity index is 2430. The molecule has 21 heteroatoms. The number of terminal acetylenes is 1. The molecule has 0 atom stereocenters. The number of carbonyl (C=O) groups is 3. The van der Waals surface area contributed by atoms with Gasteiger partial charge in [-0.15, -0.1) is 11.5 Å². The van der Waals surface area contributed by atoms with Crippen LogP contribution in [0.15, 0.2) is 54.6 Å². The number of allylic oxidation sites excluding steroid dienone is 1. The van der Waals surface area contributed by atoms with Gasteiger partial charge in [0.2, 0.25) is 5.82 Å². The van der Waals surface area contributed by atoms with Crippen LogP contribution >= 0.6 is 0 Å². The SMILES string of the molecule is C#CCOCCOCCOCCOCCN1CCN(CCCCN(CCCNC(=O)c2ncn(-c3ncc(OC)c4c(C(=O)C(=O)N5CCC(=C(C#N)c6ccccc6)CC5)c[nH]c34)n2)C(CO)CO)CC1. The van der Waals surface area contributed by atoms with Crippen molar-refractivity contribution >= 4 is 34.1 Å². The molecule has 2 saturated heterocycles. The quantitative estimate of drug-likeness (QED) is 0.0185. The average molecular weight is 996 g/mol. The van der Waals surface area contributed by atoms with Gasteiger partial charge < -0.3 is 54.0 Å². The van der Waals surface area contributed by atoms with Crippen molar-refractivity contribution in [3.05, 3.63) is 71.6 Å². The van der Waals surface area contributed by atoms with Gasteiger partial charge >= 0.3 is 0 Å². The number of ether oxygens (including phenoxy) is 5. The summed E-state index contributed by atoms with van der Waals surface area (Å²) in [5.41, 5.74) is 2.82. The number of aromatic amines is 1. The monoisotopic (exact) mass is 996 g/mol. The number of piperazine rings is 1. The second kappa shape index (κ2) is 30.0. The van der Waals surface area contributed by atoms with Crippen LogP contribution in [0.1, 0.15) is 58.6 Å². The molecule has 72 heavy (non-hydrogen) atoms. The van der Waals surface area contributed by atoms with E-state index < -0.39 is 23.6 Å². The number of nitrogens with one attached hydrogen (secondary N) is 2. The topological polar surface area (TPSA) is 246 Å². The summed E-state index contributed by atoms with van der Waals surface area (Å²) in [5, 5.41) is 37.5. The van der Waals surface area contributed by atoms with Gasteiger partial charge in [0.1, 0.15) is 18.7 Å². The largest absolute Gasteiger partial charge is 0.494 e. The molecule has 21 nitrogen and oxygen atoms in total. The highest BCUT2D eigenvalue weighted by Gasteiger charge is 2.31. The second-order valence-corrected chi connectivity index (χ2v) is 17.3. The number of aromatic nitrogens is 5. The first-order valence-corrected chi connectivity index (χ1v) is 24.7. The van der Waals surface area contributed by atoms with E-state index in [1.54, 1.807) is 0 Å². The zero-order valence-electron chi connectivity index (χ0n) is 41.3. The molecule has 0 spiro atoms. The Kier molecular flexibility index (Phi) is 23.0. The standard InChI is InChI=1S/C51H69N11O10/c1-3-25-69-27-29-71-31-32-72-30-28-70-26-24-59-22-20-58(21-23-59)15-7-8-16-60(41(36-63)37-64)17-9-14-53-50(66)48-56-38-62(57-48)49-46-45(44(68-2)35-55-49)43(34-54-46)47(65)51(67)61-18-12-40(13-19-61)42(33-52)39-10-5-4-6-11-39/h1,4-6,10-11,34-35,38,41,54,63-64H,7-9,12-32,36-37H2,2H3,(H,53,66). The number of H-pyrrole nitrogens is 1. The number of unbranched alkanes of at least 4 members (excludes halogenated alkanes) is 1. The number of hydrogen-bond acceptors (Lipinski definition) is 17. The van der Waals surface area contributed by atoms with E-state index in [-0.39, 0.29) is 36.2 Å². The number of Topliss-reactive ketones (excluding diaryl/α,β-unsaturated/α-hetero) is 1. The van der Waals surface area contributed by atoms with Gasteiger partial charge in [-0.25, -0.2) is 9.97 Å². The van der Waals surface area contributed by atoms with Crippen LogP contribution in [-0.2, 0) is 23.7 Å². The van der Waals surface area contributed by atoms with Gasteiger partial charge in [-0.3, -0.25) is 24.2 Å². The predicted molar refractivity (Wildman–Crippen MR) is 267 cm³/mol. The highest BCUT2D eigenvalue weighted by atomic mass is 16.6. The maximum absolute atomic E-state index is 13.8. The predicted octanol–water partition coefficient (Wildman–Crippen LogP) is 1.81. The highest BCUT2D eigenvalue weighted by Crippen LogP contribution is 2.33. The molecular weight excluding hydrogens is 927 g/mol. The summed E-state index contributed by atoms with van der Waals surface area (Å²) in [4.78, 5) is 60.8. The number of ketones is 1. The maximum Gasteiger partial charge on any atom is 0.295 e. The minimum absolute atomic E-state index is 0.0979. The van der Waals surface area contributed by atoms with Crippen LogP contribution in [0.3, 0.4) is 0 Å². The summed E-state index contributed by atoms with van der Waals surface area (Å²) >= 11 is 0. The van der Waals surface area contributed by atoms with Crippen LogP contribution < -0.4 is 10.1 Å². The van der Waals surface area contributed by atoms with Crippen molar-refractivity contribution in [1.29, 1.82) is 5.26 Å². The molecule has 4 aromatic rings. The number of aliphatic hydroxyl groups excluding tert-OH is 2. The second-order valence-electron chi connectivity index (χ2n) is 17.3. The summed E-state index contributed by atoms with van der Waals surface area (Å²) in [7, 11) is 1.44. The molecule has 4 N–H and O–H groups in total. The first kappa shape index (κ1) is 55.2. The van der Waals surface area contributed by atoms with Crippen molar-refractivity contribution in [2.24, 2.45) is 0 Å². The lowest BCUT2D eigenvalue weighted by Gasteiger charge is -2.35. The van der Waals surface area contributed by atoms with Gasteiger partial charge in [0, 0.05) is 65.1 Å². The molecule has 3 aromatic heterocycles. The van der Waals surface area contributed by atoms with Crippen molar-refractivity contribution in [3.63, 3.8) is 0 Å². The Morgan fingerprint density at radius 3 is 2.17 bits per heavy atom. The van der Waals surface area contributed by atoms with E-state index in [0.29, 0.717) is 121 Å². The van der Waals surface area contributed by atoms with Crippen molar-refractivity contribution in [1.82, 2.24) is 49.6 Å². The van der Waals surface area contributed by atoms with Crippen LogP contribution in [0.5, 0.6) is 5.75 Å². The third kappa shape index (κ3) is 15.9. The lowest BCUT2D eigenvalue weighted by Crippen LogP contribution is -2.47. The first-order chi connectivity index (χ1) is 35.3. The fourth-order valence-corrected chi connectivity index (χ4v) is 8.72. The van der Waals surface area contributed by atoms with Gasteiger partial charge in [-0.2, -0.15) is 9.94 Å². The Labute approximate surface area is 421 Å². The van der Waals surface area contributed by atoms with Gasteiger partial charge in [0.25, 0.3) is 17.6 Å². The van der Waals surface area contributed by atoms with Gasteiger partial charge in [0.15, 0.2) is 5.82 Å². The number of fused-ring (bicyclic) bond motifs is 1. The van der Waals surface area contributed by atoms with Crippen LogP contribution in [-0.4, -0.2) is 223 Å². The Hall–Kier alpha value is -6.11. The molecule has 2 amide bonds. The third-order valence-corrected chi connectivity index (χ3v) is 12.7. The van der Waals surface area contributed by atoms with E-state index in [2.05, 4.69) is 52.1 Å². The molecule has 1 aromatic carbocycles. The van der Waals surface area contributed by atoms with E-state index in [0.717, 1.165) is 63.2 Å². The van der Waals surface area contributed by atoms with E-state index in [4.69, 9.17) is 30.1 Å². The Morgan fingerprint density at radius 1 is 0.861 bits per heavy atom. The molecule has 388 valence electrons. The summed E-state index contributed by atoms with van der Waals surface area (Å²) in [6.07, 6.45) is 12.7. The smallest absolute Gasteiger partial charge is 0.295 e. The van der Waals surface area contributed by atoms with Crippen molar-refractivity contribution < 1.29 is 48.3 Å². The number of carbonyl (C=O) groups excluding carboxylic acids is 3. The molecule has 0 unspecified atom stereocenters. The summed E-state index contributed by atoms with van der Waals surface area (Å²) in [6.45, 7) is 11.6. The van der Waals surface area contributed by atoms with Crippen LogP contribution in [0.2, 0.25) is 0 Å².